The van der Waals surface area contributed by atoms with Crippen LogP contribution in [0.1, 0.15) is 13.6 Å². The predicted octanol–water partition coefficient (Wildman–Crippen LogP) is -1.11. The quantitative estimate of drug-likeness (QED) is 0.583. The van der Waals surface area contributed by atoms with Crippen LogP contribution in [-0.2, 0) is 0 Å². The van der Waals surface area contributed by atoms with E-state index in [1.807, 2.05) is 0 Å². The fraction of sp³-hybridized carbons (Fsp3) is 0.556. The smallest absolute Gasteiger partial charge is 0.329 e. The Labute approximate surface area is 96.3 Å². The molecule has 1 unspecified atom stereocenters. The number of hydrogen-bond donors (Lipinski definition) is 3. The first kappa shape index (κ1) is 10.1. The van der Waals surface area contributed by atoms with Crippen LogP contribution in [0.4, 0.5) is 0 Å². The summed E-state index contributed by atoms with van der Waals surface area (Å²) in [6, 6.07) is 1.18. The van der Waals surface area contributed by atoms with E-state index in [0.717, 1.165) is 16.3 Å². The molecule has 7 heteroatoms. The van der Waals surface area contributed by atoms with Crippen molar-refractivity contribution in [3.05, 3.63) is 33.1 Å². The van der Waals surface area contributed by atoms with Gasteiger partial charge in [0.15, 0.2) is 0 Å². The zero-order valence-electron chi connectivity index (χ0n) is 9.24. The van der Waals surface area contributed by atoms with Gasteiger partial charge >= 0.3 is 5.69 Å². The van der Waals surface area contributed by atoms with Crippen molar-refractivity contribution in [1.29, 1.82) is 0 Å². The second kappa shape index (κ2) is 4.08. The van der Waals surface area contributed by atoms with Gasteiger partial charge in [-0.3, -0.25) is 14.3 Å². The number of nitrogens with one attached hydrogen (secondary N) is 1. The normalized spacial score (nSPS) is 35.0. The molecular formula is C9H12N2O4S. The third-order valence-corrected chi connectivity index (χ3v) is 3.88. The molecule has 1 saturated heterocycles. The summed E-state index contributed by atoms with van der Waals surface area (Å²) >= 11 is 1.15. The molecule has 1 aromatic rings. The molecule has 0 spiro atoms. The van der Waals surface area contributed by atoms with Crippen molar-refractivity contribution < 1.29 is 11.6 Å². The minimum atomic E-state index is -1.13. The highest BCUT2D eigenvalue weighted by Crippen LogP contribution is 2.40. The van der Waals surface area contributed by atoms with Crippen LogP contribution in [0, 0.1) is 0 Å². The highest BCUT2D eigenvalue weighted by Gasteiger charge is 2.41. The number of aliphatic hydroxyl groups is 2. The summed E-state index contributed by atoms with van der Waals surface area (Å²) in [4.78, 5) is 24.5. The lowest BCUT2D eigenvalue weighted by atomic mass is 10.1. The lowest BCUT2D eigenvalue weighted by Crippen LogP contribution is -2.36. The van der Waals surface area contributed by atoms with E-state index in [-0.39, 0.29) is 6.90 Å². The zero-order valence-corrected chi connectivity index (χ0v) is 9.05. The standard InChI is InChI=1S/C9H12N2O4S/c1-4-6(13)7(14)8(16-4)11-3-2-5(12)10-9(11)15/h2-4,6-8,13-14H,1H3,(H,10,12,15)/t4-,6-,7-,8?/m1/s1/i1D. The van der Waals surface area contributed by atoms with Crippen LogP contribution in [0.3, 0.4) is 0 Å². The van der Waals surface area contributed by atoms with E-state index < -0.39 is 34.1 Å². The number of thioether (sulfide) groups is 1. The second-order valence-corrected chi connectivity index (χ2v) is 4.92. The summed E-state index contributed by atoms with van der Waals surface area (Å²) in [7, 11) is 0. The van der Waals surface area contributed by atoms with E-state index in [9.17, 15) is 19.8 Å². The molecule has 0 amide bonds. The number of aromatic amines is 1. The molecule has 0 aromatic carbocycles. The van der Waals surface area contributed by atoms with Crippen molar-refractivity contribution in [3.63, 3.8) is 0 Å². The maximum atomic E-state index is 11.5. The SMILES string of the molecule is [2H]C[C@H]1SC(n2ccc(=O)[nH]c2=O)[C@H](O)[C@@H]1O. The fourth-order valence-corrected chi connectivity index (χ4v) is 2.89. The molecule has 2 rings (SSSR count). The van der Waals surface area contributed by atoms with Crippen LogP contribution in [0.25, 0.3) is 0 Å². The first-order valence-electron chi connectivity index (χ1n) is 5.37. The molecule has 16 heavy (non-hydrogen) atoms. The topological polar surface area (TPSA) is 95.3 Å². The Morgan fingerprint density at radius 3 is 2.81 bits per heavy atom. The van der Waals surface area contributed by atoms with E-state index in [1.165, 1.54) is 12.3 Å². The van der Waals surface area contributed by atoms with Gasteiger partial charge in [0.25, 0.3) is 5.56 Å². The number of aromatic nitrogens is 2. The predicted molar refractivity (Wildman–Crippen MR) is 59.4 cm³/mol. The average Bonchev–Trinajstić information content (AvgIpc) is 2.57. The first-order valence-corrected chi connectivity index (χ1v) is 5.61. The van der Waals surface area contributed by atoms with Gasteiger partial charge < -0.3 is 10.2 Å². The van der Waals surface area contributed by atoms with Crippen LogP contribution in [0.5, 0.6) is 0 Å². The monoisotopic (exact) mass is 245 g/mol. The molecule has 2 heterocycles. The lowest BCUT2D eigenvalue weighted by molar-refractivity contribution is 0.0193. The van der Waals surface area contributed by atoms with Gasteiger partial charge in [-0.1, -0.05) is 6.90 Å². The average molecular weight is 245 g/mol. The Bertz CT molecular complexity index is 516. The van der Waals surface area contributed by atoms with Crippen LogP contribution in [-0.4, -0.2) is 37.2 Å². The van der Waals surface area contributed by atoms with Gasteiger partial charge in [-0.25, -0.2) is 4.79 Å². The van der Waals surface area contributed by atoms with Gasteiger partial charge in [-0.05, 0) is 0 Å². The van der Waals surface area contributed by atoms with E-state index in [2.05, 4.69) is 4.98 Å². The van der Waals surface area contributed by atoms with Gasteiger partial charge in [0.2, 0.25) is 0 Å². The van der Waals surface area contributed by atoms with Gasteiger partial charge in [-0.2, -0.15) is 0 Å². The Balaban J connectivity index is 2.35. The number of nitrogens with zero attached hydrogens (tertiary/aromatic N) is 1. The molecule has 3 N–H and O–H groups in total. The summed E-state index contributed by atoms with van der Waals surface area (Å²) in [6.07, 6.45) is -0.888. The molecule has 1 fully saturated rings. The molecule has 88 valence electrons. The molecule has 0 aliphatic carbocycles. The number of H-pyrrole nitrogens is 1. The molecule has 0 radical (unpaired) electrons. The number of aliphatic hydroxyl groups excluding tert-OH is 2. The van der Waals surface area contributed by atoms with Crippen molar-refractivity contribution in [2.45, 2.75) is 29.7 Å². The number of hydrogen-bond acceptors (Lipinski definition) is 5. The fourth-order valence-electron chi connectivity index (χ4n) is 1.59. The maximum Gasteiger partial charge on any atom is 0.329 e. The summed E-state index contributed by atoms with van der Waals surface area (Å²) < 4.78 is 8.39. The minimum absolute atomic E-state index is 0.0441. The molecule has 1 aliphatic heterocycles. The number of rotatable bonds is 1. The zero-order chi connectivity index (χ0) is 12.6. The Morgan fingerprint density at radius 1 is 1.50 bits per heavy atom. The van der Waals surface area contributed by atoms with Gasteiger partial charge in [-0.15, -0.1) is 11.8 Å². The molecule has 1 aliphatic rings. The molecular weight excluding hydrogens is 232 g/mol. The van der Waals surface area contributed by atoms with E-state index >= 15 is 0 Å². The van der Waals surface area contributed by atoms with Crippen LogP contribution < -0.4 is 11.2 Å². The Kier molecular flexibility index (Phi) is 2.58. The van der Waals surface area contributed by atoms with Gasteiger partial charge in [0, 0.05) is 18.9 Å². The van der Waals surface area contributed by atoms with Crippen molar-refractivity contribution in [2.75, 3.05) is 0 Å². The largest absolute Gasteiger partial charge is 0.389 e. The maximum absolute atomic E-state index is 11.5. The molecule has 1 aromatic heterocycles. The molecule has 0 saturated carbocycles. The Morgan fingerprint density at radius 2 is 2.25 bits per heavy atom. The van der Waals surface area contributed by atoms with Crippen LogP contribution in [0.15, 0.2) is 21.9 Å². The highest BCUT2D eigenvalue weighted by molar-refractivity contribution is 8.00. The highest BCUT2D eigenvalue weighted by atomic mass is 32.2. The molecule has 0 bridgehead atoms. The van der Waals surface area contributed by atoms with Gasteiger partial charge in [0.05, 0.1) is 6.10 Å². The summed E-state index contributed by atoms with van der Waals surface area (Å²) in [6.45, 7) is -0.0441. The molecule has 4 atom stereocenters. The van der Waals surface area contributed by atoms with E-state index in [4.69, 9.17) is 1.37 Å². The van der Waals surface area contributed by atoms with Gasteiger partial charge in [0.1, 0.15) is 11.5 Å². The van der Waals surface area contributed by atoms with Crippen molar-refractivity contribution in [2.24, 2.45) is 0 Å². The second-order valence-electron chi connectivity index (χ2n) is 3.56. The van der Waals surface area contributed by atoms with Crippen LogP contribution in [0.2, 0.25) is 0 Å². The third kappa shape index (κ3) is 1.81. The third-order valence-electron chi connectivity index (χ3n) is 2.46. The van der Waals surface area contributed by atoms with Crippen molar-refractivity contribution in [3.8, 4) is 0 Å². The first-order chi connectivity index (χ1) is 8.04. The Hall–Kier alpha value is -1.05. The van der Waals surface area contributed by atoms with Crippen LogP contribution >= 0.6 is 11.8 Å². The molecule has 6 nitrogen and oxygen atoms in total. The van der Waals surface area contributed by atoms with Crippen molar-refractivity contribution in [1.82, 2.24) is 9.55 Å². The lowest BCUT2D eigenvalue weighted by Gasteiger charge is -2.17. The van der Waals surface area contributed by atoms with E-state index in [0.29, 0.717) is 0 Å². The minimum Gasteiger partial charge on any atom is -0.389 e. The summed E-state index contributed by atoms with van der Waals surface area (Å²) in [5, 5.41) is 18.3. The summed E-state index contributed by atoms with van der Waals surface area (Å²) in [5.74, 6) is 0. The van der Waals surface area contributed by atoms with Crippen molar-refractivity contribution >= 4 is 11.8 Å². The van der Waals surface area contributed by atoms with E-state index in [1.54, 1.807) is 0 Å². The summed E-state index contributed by atoms with van der Waals surface area (Å²) in [5.41, 5.74) is -1.15.